The molecule has 2 unspecified atom stereocenters. The molecule has 1 aliphatic rings. The number of fused-ring (bicyclic) bond motifs is 1. The van der Waals surface area contributed by atoms with Crippen molar-refractivity contribution in [1.82, 2.24) is 9.97 Å². The van der Waals surface area contributed by atoms with Crippen LogP contribution in [0.3, 0.4) is 0 Å². The van der Waals surface area contributed by atoms with Gasteiger partial charge in [-0.05, 0) is 45.5 Å². The lowest BCUT2D eigenvalue weighted by Gasteiger charge is -2.24. The monoisotopic (exact) mass is 560 g/mol. The van der Waals surface area contributed by atoms with Crippen molar-refractivity contribution in [2.75, 3.05) is 0 Å². The van der Waals surface area contributed by atoms with E-state index >= 15 is 0 Å². The summed E-state index contributed by atoms with van der Waals surface area (Å²) in [5.41, 5.74) is 8.63. The Bertz CT molecular complexity index is 1940. The highest BCUT2D eigenvalue weighted by Gasteiger charge is 2.22. The van der Waals surface area contributed by atoms with Gasteiger partial charge in [-0.25, -0.2) is 9.97 Å². The zero-order chi connectivity index (χ0) is 28.5. The van der Waals surface area contributed by atoms with Gasteiger partial charge in [-0.3, -0.25) is 0 Å². The molecule has 0 amide bonds. The summed E-state index contributed by atoms with van der Waals surface area (Å²) in [7, 11) is 0. The molecule has 0 fully saturated rings. The maximum atomic E-state index is 6.32. The summed E-state index contributed by atoms with van der Waals surface area (Å²) in [6, 6.07) is 44.5. The van der Waals surface area contributed by atoms with E-state index in [-0.39, 0.29) is 5.92 Å². The zero-order valence-corrected chi connectivity index (χ0v) is 24.0. The molecule has 202 valence electrons. The molecule has 1 aliphatic carbocycles. The van der Waals surface area contributed by atoms with Gasteiger partial charge in [0.05, 0.1) is 11.4 Å². The molecule has 1 aromatic heterocycles. The molecular formula is C39H29ClN2. The molecule has 0 radical (unpaired) electrons. The Labute approximate surface area is 251 Å². The lowest BCUT2D eigenvalue weighted by Crippen LogP contribution is -2.09. The number of rotatable bonds is 5. The summed E-state index contributed by atoms with van der Waals surface area (Å²) < 4.78 is 0. The fraction of sp³-hybridized carbons (Fsp3) is 0.0769. The molecular weight excluding hydrogens is 532 g/mol. The summed E-state index contributed by atoms with van der Waals surface area (Å²) in [6.45, 7) is 2.23. The van der Waals surface area contributed by atoms with Gasteiger partial charge in [-0.1, -0.05) is 152 Å². The topological polar surface area (TPSA) is 25.8 Å². The predicted molar refractivity (Wildman–Crippen MR) is 176 cm³/mol. The first kappa shape index (κ1) is 26.1. The summed E-state index contributed by atoms with van der Waals surface area (Å²) in [5, 5.41) is 3.22. The quantitative estimate of drug-likeness (QED) is 0.209. The van der Waals surface area contributed by atoms with Crippen LogP contribution in [0.2, 0.25) is 0 Å². The minimum absolute atomic E-state index is 0.260. The normalized spacial score (nSPS) is 16.4. The second-order valence-electron chi connectivity index (χ2n) is 10.8. The highest BCUT2D eigenvalue weighted by Crippen LogP contribution is 2.40. The minimum atomic E-state index is 0.260. The van der Waals surface area contributed by atoms with Crippen LogP contribution in [-0.4, -0.2) is 9.97 Å². The van der Waals surface area contributed by atoms with Gasteiger partial charge in [0, 0.05) is 27.6 Å². The fourth-order valence-corrected chi connectivity index (χ4v) is 6.19. The van der Waals surface area contributed by atoms with Crippen molar-refractivity contribution in [1.29, 1.82) is 0 Å². The van der Waals surface area contributed by atoms with E-state index in [4.69, 9.17) is 21.6 Å². The summed E-state index contributed by atoms with van der Waals surface area (Å²) >= 11 is 6.32. The molecule has 2 atom stereocenters. The number of allylic oxidation sites excluding steroid dienone is 4. The van der Waals surface area contributed by atoms with Crippen LogP contribution in [-0.2, 0) is 0 Å². The smallest absolute Gasteiger partial charge is 0.160 e. The van der Waals surface area contributed by atoms with Crippen LogP contribution in [0.25, 0.3) is 55.8 Å². The number of aromatic nitrogens is 2. The first-order valence-corrected chi connectivity index (χ1v) is 14.7. The molecule has 7 rings (SSSR count). The van der Waals surface area contributed by atoms with Crippen molar-refractivity contribution in [3.05, 3.63) is 156 Å². The van der Waals surface area contributed by atoms with Gasteiger partial charge >= 0.3 is 0 Å². The Balaban J connectivity index is 1.37. The molecule has 0 saturated heterocycles. The lowest BCUT2D eigenvalue weighted by atomic mass is 9.81. The van der Waals surface area contributed by atoms with Crippen LogP contribution in [0.4, 0.5) is 0 Å². The van der Waals surface area contributed by atoms with Crippen molar-refractivity contribution < 1.29 is 0 Å². The molecule has 0 spiro atoms. The van der Waals surface area contributed by atoms with Gasteiger partial charge in [0.1, 0.15) is 0 Å². The van der Waals surface area contributed by atoms with Crippen molar-refractivity contribution in [3.63, 3.8) is 0 Å². The third kappa shape index (κ3) is 5.06. The highest BCUT2D eigenvalue weighted by atomic mass is 35.5. The van der Waals surface area contributed by atoms with Crippen molar-refractivity contribution >= 4 is 22.4 Å². The standard InChI is InChI=1S/C39H29ClN2/c1-26-24-31(40)20-21-32(26)35-22-23-36(34-15-9-8-14-33(34)35)38-25-37(41-39(42-38)30-12-6-3-7-13-30)29-18-16-28(17-19-29)27-10-4-2-5-11-27/h2-26,32H,1H3. The lowest BCUT2D eigenvalue weighted by molar-refractivity contribution is 0.637. The van der Waals surface area contributed by atoms with Crippen LogP contribution >= 0.6 is 11.6 Å². The molecule has 42 heavy (non-hydrogen) atoms. The van der Waals surface area contributed by atoms with Gasteiger partial charge in [0.15, 0.2) is 5.82 Å². The first-order chi connectivity index (χ1) is 20.6. The van der Waals surface area contributed by atoms with Crippen molar-refractivity contribution in [2.24, 2.45) is 5.92 Å². The second kappa shape index (κ2) is 11.2. The predicted octanol–water partition coefficient (Wildman–Crippen LogP) is 10.7. The van der Waals surface area contributed by atoms with E-state index in [1.807, 2.05) is 30.3 Å². The number of nitrogens with zero attached hydrogens (tertiary/aromatic N) is 2. The van der Waals surface area contributed by atoms with Crippen LogP contribution in [0.5, 0.6) is 0 Å². The van der Waals surface area contributed by atoms with E-state index in [0.717, 1.165) is 33.1 Å². The first-order valence-electron chi connectivity index (χ1n) is 14.3. The summed E-state index contributed by atoms with van der Waals surface area (Å²) in [6.07, 6.45) is 6.38. The van der Waals surface area contributed by atoms with Gasteiger partial charge in [-0.2, -0.15) is 0 Å². The largest absolute Gasteiger partial charge is 0.228 e. The number of hydrogen-bond acceptors (Lipinski definition) is 2. The number of benzene rings is 5. The SMILES string of the molecule is CC1C=C(Cl)C=CC1c1ccc(-c2cc(-c3ccc(-c4ccccc4)cc3)nc(-c3ccccc3)n2)c2ccccc12. The molecule has 2 nitrogen and oxygen atoms in total. The van der Waals surface area contributed by atoms with E-state index in [2.05, 4.69) is 122 Å². The van der Waals surface area contributed by atoms with Crippen molar-refractivity contribution in [2.45, 2.75) is 12.8 Å². The van der Waals surface area contributed by atoms with E-state index in [0.29, 0.717) is 11.7 Å². The average Bonchev–Trinajstić information content (AvgIpc) is 3.05. The highest BCUT2D eigenvalue weighted by molar-refractivity contribution is 6.31. The Hall–Kier alpha value is -4.79. The van der Waals surface area contributed by atoms with Gasteiger partial charge in [0.2, 0.25) is 0 Å². The third-order valence-corrected chi connectivity index (χ3v) is 8.34. The maximum Gasteiger partial charge on any atom is 0.160 e. The third-order valence-electron chi connectivity index (χ3n) is 8.09. The molecule has 0 saturated carbocycles. The molecule has 0 N–H and O–H groups in total. The van der Waals surface area contributed by atoms with Gasteiger partial charge < -0.3 is 0 Å². The molecule has 5 aromatic carbocycles. The Morgan fingerprint density at radius 2 is 1.17 bits per heavy atom. The van der Waals surface area contributed by atoms with Crippen LogP contribution in [0.15, 0.2) is 151 Å². The van der Waals surface area contributed by atoms with Crippen molar-refractivity contribution in [3.8, 4) is 45.0 Å². The van der Waals surface area contributed by atoms with E-state index in [1.165, 1.54) is 27.5 Å². The zero-order valence-electron chi connectivity index (χ0n) is 23.3. The molecule has 6 aromatic rings. The second-order valence-corrected chi connectivity index (χ2v) is 11.3. The average molecular weight is 561 g/mol. The molecule has 0 aliphatic heterocycles. The molecule has 1 heterocycles. The van der Waals surface area contributed by atoms with E-state index in [9.17, 15) is 0 Å². The maximum absolute atomic E-state index is 6.32. The van der Waals surface area contributed by atoms with Crippen LogP contribution < -0.4 is 0 Å². The van der Waals surface area contributed by atoms with E-state index in [1.54, 1.807) is 0 Å². The molecule has 0 bridgehead atoms. The summed E-state index contributed by atoms with van der Waals surface area (Å²) in [5.74, 6) is 1.29. The Kier molecular flexibility index (Phi) is 6.99. The fourth-order valence-electron chi connectivity index (χ4n) is 5.92. The number of halogens is 1. The van der Waals surface area contributed by atoms with Gasteiger partial charge in [0.25, 0.3) is 0 Å². The number of hydrogen-bond donors (Lipinski definition) is 0. The van der Waals surface area contributed by atoms with Crippen LogP contribution in [0, 0.1) is 5.92 Å². The molecule has 3 heteroatoms. The minimum Gasteiger partial charge on any atom is -0.228 e. The van der Waals surface area contributed by atoms with E-state index < -0.39 is 0 Å². The van der Waals surface area contributed by atoms with Crippen LogP contribution in [0.1, 0.15) is 18.4 Å². The van der Waals surface area contributed by atoms with Gasteiger partial charge in [-0.15, -0.1) is 0 Å². The Morgan fingerprint density at radius 1 is 0.571 bits per heavy atom. The summed E-state index contributed by atoms with van der Waals surface area (Å²) in [4.78, 5) is 10.2. The Morgan fingerprint density at radius 3 is 1.88 bits per heavy atom.